The number of amides is 4. The van der Waals surface area contributed by atoms with Gasteiger partial charge in [0.25, 0.3) is 0 Å². The highest BCUT2D eigenvalue weighted by Crippen LogP contribution is 2.43. The maximum Gasteiger partial charge on any atom is 0.229 e. The van der Waals surface area contributed by atoms with Crippen molar-refractivity contribution in [1.82, 2.24) is 140 Å². The summed E-state index contributed by atoms with van der Waals surface area (Å²) >= 11 is 6.86. The molecule has 24 aromatic heterocycles. The molecule has 36 nitrogen and oxygen atoms in total. The highest BCUT2D eigenvalue weighted by atomic mass is 32.1. The number of fused-ring (bicyclic) bond motifs is 8. The zero-order valence-corrected chi connectivity index (χ0v) is 83.3. The van der Waals surface area contributed by atoms with Crippen molar-refractivity contribution in [3.63, 3.8) is 0 Å². The van der Waals surface area contributed by atoms with Crippen LogP contribution >= 0.6 is 45.3 Å². The molecule has 718 valence electrons. The van der Waals surface area contributed by atoms with Gasteiger partial charge in [-0.15, -0.1) is 45.3 Å². The molecule has 12 N–H and O–H groups in total. The van der Waals surface area contributed by atoms with Crippen LogP contribution in [0.15, 0.2) is 221 Å². The van der Waals surface area contributed by atoms with Crippen LogP contribution in [-0.2, 0) is 19.2 Å². The van der Waals surface area contributed by atoms with Gasteiger partial charge in [-0.2, -0.15) is 20.4 Å². The summed E-state index contributed by atoms with van der Waals surface area (Å²) in [5.74, 6) is 2.56. The Labute approximate surface area is 841 Å². The molecule has 0 bridgehead atoms. The van der Waals surface area contributed by atoms with Crippen LogP contribution in [0.4, 0.5) is 22.7 Å². The first-order chi connectivity index (χ1) is 70.2. The van der Waals surface area contributed by atoms with Crippen LogP contribution in [0, 0.1) is 44.9 Å². The van der Waals surface area contributed by atoms with Gasteiger partial charge in [0.1, 0.15) is 44.8 Å². The zero-order chi connectivity index (χ0) is 100. The van der Waals surface area contributed by atoms with Gasteiger partial charge in [-0.05, 0) is 131 Å². The van der Waals surface area contributed by atoms with E-state index in [-0.39, 0.29) is 35.5 Å². The standard InChI is InChI=1S/2C27H24N8OS.C26H22N8OS.C25H20N8OS/c1-14-5-6-21(37-14)19-12-29-13-20-22(19)33-25(32-20)23-18-8-16(10-30-24(18)35-34-23)15-7-17(11-28-9-15)31-26(36)27(2,3)4;1-14(2)6-23(36)31-18-7-16(9-28-11-18)17-8-19-25(34-35-26(19)30-10-17)27-32-21-13-29-12-20(24(21)33-27)22-5-4-15(3)37-22;1-13(2)26(35)30-17-6-15(8-27-10-17)16-7-18-23(33-34-24(18)29-9-16)25-31-20-12-28-11-19(22(20)32-25)21-5-4-14(3)36-21;1-3-21(34)29-16-6-14(8-26-10-16)15-7-17-23(32-33-24(17)28-9-15)25-30-19-12-27-11-18(22(19)31-25)20-5-4-13(2)35-20/h5-13H,1-4H3,(H,31,36)(H,32,33)(H,30,34,35);4-5,7-14H,6H2,1-3H3,(H,31,36)(H,32,33)(H,30,34,35);4-13H,1-3H3,(H,30,35)(H,31,32)(H,29,33,34);4-12H,3H2,1-2H3,(H,29,34)(H,30,31)(H,28,32,33). The SMILES string of the molecule is CCC(=O)Nc1cncc(-c2cnc3n[nH]c(-c4nc5c(-c6ccc(C)s6)cncc5[nH]4)c3c2)c1.Cc1ccc(-c2cncc3[nH]c(-c4[nH]nc5ncc(-c6cncc(NC(=O)C(C)(C)C)c6)cc45)nc23)s1.Cc1ccc(-c2cncc3[nH]c(-c4[nH]nc5ncc(-c6cncc(NC(=O)C(C)C)c6)cc45)nc23)s1.Cc1ccc(-c2cncc3[nH]c(-c4[nH]nc5ncc(-c6cncc(NC(=O)CC(C)C)c6)cc45)nc23)s1. The smallest absolute Gasteiger partial charge is 0.229 e. The van der Waals surface area contributed by atoms with Gasteiger partial charge >= 0.3 is 0 Å². The fourth-order valence-electron chi connectivity index (χ4n) is 16.3. The van der Waals surface area contributed by atoms with Gasteiger partial charge < -0.3 is 41.2 Å². The van der Waals surface area contributed by atoms with Crippen molar-refractivity contribution < 1.29 is 19.2 Å². The Hall–Kier alpha value is -17.8. The third kappa shape index (κ3) is 19.7. The highest BCUT2D eigenvalue weighted by Gasteiger charge is 2.27. The molecule has 0 spiro atoms. The molecule has 0 fully saturated rings. The summed E-state index contributed by atoms with van der Waals surface area (Å²) in [6.07, 6.45) is 35.9. The molecule has 0 aliphatic rings. The number of rotatable bonds is 20. The number of thiophene rings is 4. The number of nitrogens with zero attached hydrogens (tertiary/aromatic N) is 20. The van der Waals surface area contributed by atoms with Gasteiger partial charge in [0, 0.05) is 204 Å². The molecule has 0 unspecified atom stereocenters. The number of imidazole rings is 4. The van der Waals surface area contributed by atoms with Gasteiger partial charge in [0.15, 0.2) is 45.9 Å². The van der Waals surface area contributed by atoms with Crippen LogP contribution in [0.25, 0.3) is 221 Å². The molecule has 0 saturated heterocycles. The molecule has 40 heteroatoms. The van der Waals surface area contributed by atoms with E-state index in [9.17, 15) is 19.2 Å². The van der Waals surface area contributed by atoms with E-state index in [1.54, 1.807) is 144 Å². The quantitative estimate of drug-likeness (QED) is 0.0337. The zero-order valence-electron chi connectivity index (χ0n) is 80.1. The van der Waals surface area contributed by atoms with Crippen molar-refractivity contribution in [3.05, 3.63) is 241 Å². The molecule has 0 aliphatic heterocycles. The Morgan fingerprint density at radius 3 is 0.855 bits per heavy atom. The van der Waals surface area contributed by atoms with Crippen LogP contribution in [0.5, 0.6) is 0 Å². The van der Waals surface area contributed by atoms with E-state index in [0.29, 0.717) is 81.5 Å². The van der Waals surface area contributed by atoms with E-state index in [1.165, 1.54) is 19.5 Å². The first-order valence-corrected chi connectivity index (χ1v) is 49.6. The number of H-pyrrole nitrogens is 8. The van der Waals surface area contributed by atoms with Gasteiger partial charge in [0.2, 0.25) is 23.6 Å². The summed E-state index contributed by atoms with van der Waals surface area (Å²) in [6.45, 7) is 23.5. The Morgan fingerprint density at radius 2 is 0.593 bits per heavy atom. The third-order valence-corrected chi connectivity index (χ3v) is 27.8. The van der Waals surface area contributed by atoms with Crippen molar-refractivity contribution >= 4 is 180 Å². The molecule has 0 aromatic carbocycles. The van der Waals surface area contributed by atoms with Gasteiger partial charge in [0.05, 0.1) is 116 Å². The van der Waals surface area contributed by atoms with Crippen LogP contribution in [0.1, 0.15) is 87.7 Å². The van der Waals surface area contributed by atoms with E-state index in [1.807, 2.05) is 129 Å². The predicted molar refractivity (Wildman–Crippen MR) is 571 cm³/mol. The molecule has 0 atom stereocenters. The summed E-state index contributed by atoms with van der Waals surface area (Å²) in [6, 6.07) is 32.3. The van der Waals surface area contributed by atoms with Crippen LogP contribution in [0.3, 0.4) is 0 Å². The van der Waals surface area contributed by atoms with Gasteiger partial charge in [-0.1, -0.05) is 55.4 Å². The van der Waals surface area contributed by atoms with Gasteiger partial charge in [-0.25, -0.2) is 39.9 Å². The molecule has 24 rings (SSSR count). The molecular formula is C105H90N32O4S4. The minimum Gasteiger partial charge on any atom is -0.335 e. The predicted octanol–water partition coefficient (Wildman–Crippen LogP) is 22.9. The molecule has 4 amide bonds. The van der Waals surface area contributed by atoms with Crippen molar-refractivity contribution in [2.75, 3.05) is 21.3 Å². The summed E-state index contributed by atoms with van der Waals surface area (Å²) in [7, 11) is 0. The largest absolute Gasteiger partial charge is 0.335 e. The number of hydrogen-bond donors (Lipinski definition) is 12. The lowest BCUT2D eigenvalue weighted by atomic mass is 9.95. The molecular weight excluding hydrogens is 1900 g/mol. The number of aromatic amines is 8. The van der Waals surface area contributed by atoms with E-state index in [2.05, 4.69) is 218 Å². The molecule has 0 radical (unpaired) electrons. The fourth-order valence-corrected chi connectivity index (χ4v) is 19.8. The van der Waals surface area contributed by atoms with Crippen LogP contribution in [-0.4, -0.2) is 164 Å². The number of hydrogen-bond acceptors (Lipinski definition) is 28. The lowest BCUT2D eigenvalue weighted by molar-refractivity contribution is -0.123. The number of nitrogens with one attached hydrogen (secondary N) is 12. The number of carbonyl (C=O) groups excluding carboxylic acids is 4. The maximum absolute atomic E-state index is 12.4. The van der Waals surface area contributed by atoms with Gasteiger partial charge in [-0.3, -0.25) is 79.4 Å². The second-order valence-electron chi connectivity index (χ2n) is 36.3. The average Bonchev–Trinajstić information content (AvgIpc) is 1.62. The first kappa shape index (κ1) is 93.5. The number of carbonyl (C=O) groups is 4. The second kappa shape index (κ2) is 39.4. The number of pyridine rings is 12. The average molecular weight is 1990 g/mol. The lowest BCUT2D eigenvalue weighted by Crippen LogP contribution is -2.27. The van der Waals surface area contributed by atoms with E-state index in [0.717, 1.165) is 175 Å². The van der Waals surface area contributed by atoms with E-state index < -0.39 is 5.41 Å². The summed E-state index contributed by atoms with van der Waals surface area (Å²) in [5, 5.41) is 44.8. The highest BCUT2D eigenvalue weighted by molar-refractivity contribution is 7.16. The first-order valence-electron chi connectivity index (χ1n) is 46.3. The monoisotopic (exact) mass is 1990 g/mol. The summed E-state index contributed by atoms with van der Waals surface area (Å²) in [5.41, 5.74) is 24.8. The Kier molecular flexibility index (Phi) is 25.4. The number of aromatic nitrogens is 28. The summed E-state index contributed by atoms with van der Waals surface area (Å²) < 4.78 is 0. The van der Waals surface area contributed by atoms with Crippen molar-refractivity contribution in [2.45, 2.75) is 95.9 Å². The van der Waals surface area contributed by atoms with Crippen LogP contribution < -0.4 is 21.3 Å². The molecule has 0 aliphatic carbocycles. The normalized spacial score (nSPS) is 11.6. The number of anilines is 4. The molecule has 0 saturated carbocycles. The Bertz CT molecular complexity index is 9080. The van der Waals surface area contributed by atoms with E-state index >= 15 is 0 Å². The molecule has 145 heavy (non-hydrogen) atoms. The van der Waals surface area contributed by atoms with Crippen molar-refractivity contribution in [2.24, 2.45) is 17.3 Å². The maximum atomic E-state index is 12.4. The lowest BCUT2D eigenvalue weighted by Gasteiger charge is -2.17. The van der Waals surface area contributed by atoms with Crippen molar-refractivity contribution in [3.8, 4) is 132 Å². The fraction of sp³-hybridized carbons (Fsp3) is 0.162. The third-order valence-electron chi connectivity index (χ3n) is 23.7. The minimum absolute atomic E-state index is 0.0314. The topological polar surface area (TPSA) is 501 Å². The number of aryl methyl sites for hydroxylation is 4. The Balaban J connectivity index is 0.000000114. The minimum atomic E-state index is -0.507. The molecule has 24 aromatic rings. The second-order valence-corrected chi connectivity index (χ2v) is 41.5. The molecule has 24 heterocycles. The van der Waals surface area contributed by atoms with Crippen molar-refractivity contribution in [1.29, 1.82) is 0 Å². The van der Waals surface area contributed by atoms with Crippen LogP contribution in [0.2, 0.25) is 0 Å². The Morgan fingerprint density at radius 1 is 0.324 bits per heavy atom. The summed E-state index contributed by atoms with van der Waals surface area (Å²) in [4.78, 5) is 144. The van der Waals surface area contributed by atoms with E-state index in [4.69, 9.17) is 19.9 Å².